The summed E-state index contributed by atoms with van der Waals surface area (Å²) in [5.41, 5.74) is 17.0. The van der Waals surface area contributed by atoms with Crippen molar-refractivity contribution in [1.29, 1.82) is 0 Å². The van der Waals surface area contributed by atoms with Gasteiger partial charge in [-0.05, 0) is 62.5 Å². The number of carboxylic acid groups (broad SMARTS) is 1. The van der Waals surface area contributed by atoms with Gasteiger partial charge in [-0.1, -0.05) is 50.6 Å². The third kappa shape index (κ3) is 16.0. The summed E-state index contributed by atoms with van der Waals surface area (Å²) in [6, 6.07) is 0.637. The Morgan fingerprint density at radius 3 is 1.98 bits per heavy atom. The maximum absolute atomic E-state index is 14.0. The van der Waals surface area contributed by atoms with Crippen molar-refractivity contribution >= 4 is 65.0 Å². The normalized spacial score (nSPS) is 17.3. The van der Waals surface area contributed by atoms with Gasteiger partial charge >= 0.3 is 5.97 Å². The highest BCUT2D eigenvalue weighted by molar-refractivity contribution is 7.98. The number of amides is 8. The summed E-state index contributed by atoms with van der Waals surface area (Å²) in [5.74, 6) is -6.74. The molecule has 20 heteroatoms. The van der Waals surface area contributed by atoms with Gasteiger partial charge in [-0.15, -0.1) is 0 Å². The number of thioether (sulfide) groups is 1. The molecule has 0 saturated carbocycles. The molecule has 1 aromatic carbocycles. The first kappa shape index (κ1) is 48.9. The van der Waals surface area contributed by atoms with E-state index in [0.29, 0.717) is 24.2 Å². The summed E-state index contributed by atoms with van der Waals surface area (Å²) in [5, 5.41) is 22.5. The Kier molecular flexibility index (Phi) is 20.7. The highest BCUT2D eigenvalue weighted by Crippen LogP contribution is 2.22. The second-order valence-corrected chi connectivity index (χ2v) is 15.4. The Hall–Kier alpha value is -5.24. The van der Waals surface area contributed by atoms with Crippen LogP contribution in [0.15, 0.2) is 30.3 Å². The number of nitrogens with two attached hydrogens (primary N) is 3. The number of hydrogen-bond donors (Lipinski definition) is 9. The van der Waals surface area contributed by atoms with Crippen molar-refractivity contribution in [3.8, 4) is 0 Å². The number of rotatable bonds is 25. The molecule has 8 amide bonds. The van der Waals surface area contributed by atoms with E-state index in [1.807, 2.05) is 6.92 Å². The number of carbonyl (C=O) groups is 9. The van der Waals surface area contributed by atoms with E-state index in [-0.39, 0.29) is 57.4 Å². The average molecular weight is 834 g/mol. The molecule has 1 fully saturated rings. The van der Waals surface area contributed by atoms with Crippen molar-refractivity contribution < 1.29 is 48.3 Å². The van der Waals surface area contributed by atoms with Crippen LogP contribution in [0.1, 0.15) is 77.7 Å². The summed E-state index contributed by atoms with van der Waals surface area (Å²) in [6.45, 7) is 5.21. The van der Waals surface area contributed by atoms with Gasteiger partial charge in [0, 0.05) is 25.8 Å². The van der Waals surface area contributed by atoms with Gasteiger partial charge in [0.05, 0.1) is 6.04 Å². The van der Waals surface area contributed by atoms with Gasteiger partial charge in [0.2, 0.25) is 47.3 Å². The summed E-state index contributed by atoms with van der Waals surface area (Å²) in [6.07, 6.45) is 2.51. The molecule has 1 saturated heterocycles. The summed E-state index contributed by atoms with van der Waals surface area (Å²) < 4.78 is 0. The predicted molar refractivity (Wildman–Crippen MR) is 215 cm³/mol. The van der Waals surface area contributed by atoms with Crippen molar-refractivity contribution in [2.24, 2.45) is 23.1 Å². The Balaban J connectivity index is 2.25. The zero-order valence-electron chi connectivity index (χ0n) is 33.5. The highest BCUT2D eigenvalue weighted by Gasteiger charge is 2.41. The number of hydrogen-bond acceptors (Lipinski definition) is 11. The molecule has 322 valence electrons. The molecule has 0 bridgehead atoms. The van der Waals surface area contributed by atoms with Crippen LogP contribution < -0.4 is 43.8 Å². The first-order valence-electron chi connectivity index (χ1n) is 19.3. The summed E-state index contributed by atoms with van der Waals surface area (Å²) in [4.78, 5) is 117. The lowest BCUT2D eigenvalue weighted by atomic mass is 9.96. The Morgan fingerprint density at radius 1 is 0.793 bits per heavy atom. The van der Waals surface area contributed by atoms with E-state index in [0.717, 1.165) is 0 Å². The summed E-state index contributed by atoms with van der Waals surface area (Å²) in [7, 11) is 0. The van der Waals surface area contributed by atoms with E-state index in [1.165, 1.54) is 23.6 Å². The first-order chi connectivity index (χ1) is 27.4. The van der Waals surface area contributed by atoms with Gasteiger partial charge < -0.3 is 53.8 Å². The molecule has 0 aromatic heterocycles. The standard InChI is InChI=1S/C38H59N9O10S/c1-5-21(2)31(46-33(51)24(39)13-15-29(40)48)37(55)47-18-9-12-28(47)36(54)45-27(20-23-10-7-6-8-11-23)35(53)42-22(3)32(50)43-25(17-19-58-4)34(52)44-26(38(56)57)14-16-30(41)49/h6-8,10-11,21-22,24-28,31H,5,9,12-20,39H2,1-4H3,(H2,40,48)(H2,41,49)(H,42,53)(H,43,50)(H,44,52)(H,45,54)(H,46,51)(H,56,57)/t21-,22-,24-,25-,26-,27-,28-,31-/m0/s1. The van der Waals surface area contributed by atoms with Crippen molar-refractivity contribution in [2.45, 2.75) is 121 Å². The van der Waals surface area contributed by atoms with Crippen LogP contribution in [0.3, 0.4) is 0 Å². The van der Waals surface area contributed by atoms with Gasteiger partial charge in [0.1, 0.15) is 36.3 Å². The molecule has 1 aliphatic heterocycles. The molecule has 1 aromatic rings. The lowest BCUT2D eigenvalue weighted by Gasteiger charge is -2.32. The molecule has 19 nitrogen and oxygen atoms in total. The number of nitrogens with one attached hydrogen (secondary N) is 5. The van der Waals surface area contributed by atoms with E-state index in [2.05, 4.69) is 26.6 Å². The second kappa shape index (κ2) is 24.5. The Labute approximate surface area is 342 Å². The fourth-order valence-corrected chi connectivity index (χ4v) is 6.65. The van der Waals surface area contributed by atoms with Gasteiger partial charge in [-0.25, -0.2) is 4.79 Å². The van der Waals surface area contributed by atoms with Crippen molar-refractivity contribution in [3.05, 3.63) is 35.9 Å². The number of primary amides is 2. The maximum atomic E-state index is 14.0. The number of carbonyl (C=O) groups excluding carboxylic acids is 8. The lowest BCUT2D eigenvalue weighted by Crippen LogP contribution is -2.60. The minimum Gasteiger partial charge on any atom is -0.480 e. The van der Waals surface area contributed by atoms with Crippen LogP contribution in [-0.2, 0) is 49.6 Å². The quantitative estimate of drug-likeness (QED) is 0.0539. The molecular formula is C38H59N9O10S. The van der Waals surface area contributed by atoms with Crippen LogP contribution in [0.25, 0.3) is 0 Å². The van der Waals surface area contributed by atoms with Crippen molar-refractivity contribution in [1.82, 2.24) is 31.5 Å². The molecule has 58 heavy (non-hydrogen) atoms. The molecule has 1 heterocycles. The number of aliphatic carboxylic acids is 1. The molecule has 0 aliphatic carbocycles. The molecule has 2 rings (SSSR count). The number of nitrogens with zero attached hydrogens (tertiary/aromatic N) is 1. The van der Waals surface area contributed by atoms with Crippen LogP contribution in [0.5, 0.6) is 0 Å². The number of likely N-dealkylation sites (tertiary alicyclic amines) is 1. The third-order valence-electron chi connectivity index (χ3n) is 9.86. The predicted octanol–water partition coefficient (Wildman–Crippen LogP) is -1.59. The molecule has 0 spiro atoms. The highest BCUT2D eigenvalue weighted by atomic mass is 32.2. The largest absolute Gasteiger partial charge is 0.480 e. The number of carboxylic acids is 1. The Morgan fingerprint density at radius 2 is 1.40 bits per heavy atom. The van der Waals surface area contributed by atoms with E-state index in [4.69, 9.17) is 17.2 Å². The fraction of sp³-hybridized carbons (Fsp3) is 0.605. The van der Waals surface area contributed by atoms with Crippen LogP contribution >= 0.6 is 11.8 Å². The molecular weight excluding hydrogens is 775 g/mol. The van der Waals surface area contributed by atoms with Crippen LogP contribution in [0, 0.1) is 5.92 Å². The molecule has 1 aliphatic rings. The van der Waals surface area contributed by atoms with E-state index in [1.54, 1.807) is 43.5 Å². The van der Waals surface area contributed by atoms with Crippen LogP contribution in [-0.4, -0.2) is 124 Å². The molecule has 0 unspecified atom stereocenters. The van der Waals surface area contributed by atoms with Gasteiger partial charge in [-0.3, -0.25) is 38.4 Å². The SMILES string of the molecule is CC[C@H](C)[C@H](NC(=O)[C@@H](N)CCC(N)=O)C(=O)N1CCC[C@H]1C(=O)N[C@@H](Cc1ccccc1)C(=O)N[C@@H](C)C(=O)N[C@@H](CCSC)C(=O)N[C@@H](CCC(N)=O)C(=O)O. The van der Waals surface area contributed by atoms with Gasteiger partial charge in [0.15, 0.2) is 0 Å². The fourth-order valence-electron chi connectivity index (χ4n) is 6.18. The summed E-state index contributed by atoms with van der Waals surface area (Å²) >= 11 is 1.38. The zero-order valence-corrected chi connectivity index (χ0v) is 34.3. The van der Waals surface area contributed by atoms with Crippen molar-refractivity contribution in [3.63, 3.8) is 0 Å². The maximum Gasteiger partial charge on any atom is 0.326 e. The van der Waals surface area contributed by atoms with E-state index in [9.17, 15) is 48.3 Å². The van der Waals surface area contributed by atoms with Crippen LogP contribution in [0.2, 0.25) is 0 Å². The Bertz CT molecular complexity index is 1620. The monoisotopic (exact) mass is 833 g/mol. The van der Waals surface area contributed by atoms with Crippen LogP contribution in [0.4, 0.5) is 0 Å². The zero-order chi connectivity index (χ0) is 43.5. The van der Waals surface area contributed by atoms with Crippen molar-refractivity contribution in [2.75, 3.05) is 18.6 Å². The van der Waals surface area contributed by atoms with Gasteiger partial charge in [0.25, 0.3) is 0 Å². The third-order valence-corrected chi connectivity index (χ3v) is 10.5. The molecule has 0 radical (unpaired) electrons. The van der Waals surface area contributed by atoms with Gasteiger partial charge in [-0.2, -0.15) is 11.8 Å². The topological polar surface area (TPSA) is 315 Å². The second-order valence-electron chi connectivity index (χ2n) is 14.4. The molecule has 8 atom stereocenters. The van der Waals surface area contributed by atoms with E-state index < -0.39 is 95.5 Å². The lowest BCUT2D eigenvalue weighted by molar-refractivity contribution is -0.143. The first-order valence-corrected chi connectivity index (χ1v) is 20.7. The number of benzene rings is 1. The minimum absolute atomic E-state index is 0.0106. The molecule has 12 N–H and O–H groups in total. The smallest absolute Gasteiger partial charge is 0.326 e. The minimum atomic E-state index is -1.43. The average Bonchev–Trinajstić information content (AvgIpc) is 3.68. The van der Waals surface area contributed by atoms with E-state index >= 15 is 0 Å².